The Labute approximate surface area is 111 Å². The van der Waals surface area contributed by atoms with Crippen LogP contribution in [0.2, 0.25) is 0 Å². The number of pyridine rings is 1. The number of nitrogens with zero attached hydrogens (tertiary/aromatic N) is 2. The minimum Gasteiger partial charge on any atom is -0.365 e. The van der Waals surface area contributed by atoms with Crippen LogP contribution in [0.4, 0.5) is 11.6 Å². The van der Waals surface area contributed by atoms with Crippen molar-refractivity contribution in [2.45, 2.75) is 58.5 Å². The van der Waals surface area contributed by atoms with Crippen LogP contribution in [0, 0.1) is 0 Å². The van der Waals surface area contributed by atoms with Crippen LogP contribution in [0.25, 0.3) is 0 Å². The van der Waals surface area contributed by atoms with Crippen LogP contribution in [-0.4, -0.2) is 23.1 Å². The molecule has 1 aliphatic heterocycles. The first-order chi connectivity index (χ1) is 8.49. The predicted molar refractivity (Wildman–Crippen MR) is 78.3 cm³/mol. The maximum atomic E-state index is 4.75. The number of aromatic nitrogens is 1. The topological polar surface area (TPSA) is 28.2 Å². The summed E-state index contributed by atoms with van der Waals surface area (Å²) in [5.74, 6) is 2.09. The first-order valence-electron chi connectivity index (χ1n) is 7.01. The van der Waals surface area contributed by atoms with Crippen molar-refractivity contribution in [1.29, 1.82) is 0 Å². The minimum atomic E-state index is 0.0563. The minimum absolute atomic E-state index is 0.0563. The largest absolute Gasteiger partial charge is 0.365 e. The highest BCUT2D eigenvalue weighted by atomic mass is 15.2. The summed E-state index contributed by atoms with van der Waals surface area (Å²) in [5.41, 5.74) is 0.0563. The van der Waals surface area contributed by atoms with E-state index in [0.717, 1.165) is 18.2 Å². The molecule has 1 unspecified atom stereocenters. The van der Waals surface area contributed by atoms with Gasteiger partial charge in [-0.25, -0.2) is 4.98 Å². The number of anilines is 2. The molecule has 3 heteroatoms. The Bertz CT molecular complexity index is 395. The lowest BCUT2D eigenvalue weighted by Crippen LogP contribution is -2.30. The van der Waals surface area contributed by atoms with Crippen LogP contribution in [0.5, 0.6) is 0 Å². The van der Waals surface area contributed by atoms with Gasteiger partial charge in [0.25, 0.3) is 0 Å². The molecule has 0 amide bonds. The van der Waals surface area contributed by atoms with Gasteiger partial charge < -0.3 is 10.2 Å². The van der Waals surface area contributed by atoms with E-state index in [0.29, 0.717) is 6.04 Å². The highest BCUT2D eigenvalue weighted by Crippen LogP contribution is 2.27. The number of rotatable bonds is 3. The van der Waals surface area contributed by atoms with E-state index in [1.54, 1.807) is 0 Å². The molecule has 1 atom stereocenters. The van der Waals surface area contributed by atoms with E-state index in [1.165, 1.54) is 19.3 Å². The Morgan fingerprint density at radius 3 is 2.83 bits per heavy atom. The van der Waals surface area contributed by atoms with Crippen molar-refractivity contribution < 1.29 is 0 Å². The molecule has 1 N–H and O–H groups in total. The van der Waals surface area contributed by atoms with Gasteiger partial charge in [0.15, 0.2) is 0 Å². The summed E-state index contributed by atoms with van der Waals surface area (Å²) in [5, 5.41) is 3.44. The lowest BCUT2D eigenvalue weighted by atomic mass is 10.1. The van der Waals surface area contributed by atoms with E-state index in [9.17, 15) is 0 Å². The summed E-state index contributed by atoms with van der Waals surface area (Å²) in [6.07, 6.45) is 3.80. The number of hydrogen-bond acceptors (Lipinski definition) is 3. The Hall–Kier alpha value is -1.25. The fraction of sp³-hybridized carbons (Fsp3) is 0.667. The first-order valence-corrected chi connectivity index (χ1v) is 7.01. The molecule has 0 aromatic carbocycles. The molecule has 3 nitrogen and oxygen atoms in total. The molecule has 100 valence electrons. The third kappa shape index (κ3) is 3.15. The molecule has 1 aliphatic rings. The molecule has 0 spiro atoms. The van der Waals surface area contributed by atoms with Crippen LogP contribution >= 0.6 is 0 Å². The molecule has 0 radical (unpaired) electrons. The molecule has 1 fully saturated rings. The van der Waals surface area contributed by atoms with E-state index in [1.807, 2.05) is 6.07 Å². The van der Waals surface area contributed by atoms with Crippen LogP contribution in [0.3, 0.4) is 0 Å². The van der Waals surface area contributed by atoms with Crippen molar-refractivity contribution in [2.24, 2.45) is 0 Å². The van der Waals surface area contributed by atoms with E-state index in [4.69, 9.17) is 4.98 Å². The second kappa shape index (κ2) is 5.17. The second-order valence-corrected chi connectivity index (χ2v) is 6.15. The molecule has 0 aliphatic carbocycles. The molecule has 2 rings (SSSR count). The number of nitrogens with one attached hydrogen (secondary N) is 1. The molecule has 1 saturated heterocycles. The Kier molecular flexibility index (Phi) is 3.79. The fourth-order valence-electron chi connectivity index (χ4n) is 2.60. The van der Waals surface area contributed by atoms with Crippen LogP contribution in [0.1, 0.15) is 47.0 Å². The fourth-order valence-corrected chi connectivity index (χ4v) is 2.60. The lowest BCUT2D eigenvalue weighted by molar-refractivity contribution is 0.626. The van der Waals surface area contributed by atoms with Gasteiger partial charge in [-0.2, -0.15) is 0 Å². The van der Waals surface area contributed by atoms with E-state index in [-0.39, 0.29) is 5.54 Å². The highest BCUT2D eigenvalue weighted by Gasteiger charge is 2.24. The molecule has 1 aromatic rings. The monoisotopic (exact) mass is 247 g/mol. The second-order valence-electron chi connectivity index (χ2n) is 6.15. The molecule has 0 saturated carbocycles. The van der Waals surface area contributed by atoms with Gasteiger partial charge in [0, 0.05) is 18.1 Å². The van der Waals surface area contributed by atoms with Gasteiger partial charge in [-0.3, -0.25) is 0 Å². The Morgan fingerprint density at radius 1 is 1.39 bits per heavy atom. The van der Waals surface area contributed by atoms with Gasteiger partial charge in [-0.1, -0.05) is 13.0 Å². The third-order valence-electron chi connectivity index (χ3n) is 3.38. The number of hydrogen-bond donors (Lipinski definition) is 1. The highest BCUT2D eigenvalue weighted by molar-refractivity contribution is 5.49. The predicted octanol–water partition coefficient (Wildman–Crippen LogP) is 3.67. The zero-order valence-corrected chi connectivity index (χ0v) is 12.0. The van der Waals surface area contributed by atoms with E-state index in [2.05, 4.69) is 50.0 Å². The van der Waals surface area contributed by atoms with Crippen molar-refractivity contribution in [1.82, 2.24) is 4.98 Å². The Balaban J connectivity index is 2.16. The summed E-state index contributed by atoms with van der Waals surface area (Å²) in [6.45, 7) is 9.88. The molecule has 2 heterocycles. The van der Waals surface area contributed by atoms with Crippen molar-refractivity contribution in [3.05, 3.63) is 18.2 Å². The van der Waals surface area contributed by atoms with Crippen molar-refractivity contribution in [3.8, 4) is 0 Å². The smallest absolute Gasteiger partial charge is 0.131 e. The normalized spacial score (nSPS) is 20.2. The zero-order chi connectivity index (χ0) is 13.2. The maximum Gasteiger partial charge on any atom is 0.131 e. The Morgan fingerprint density at radius 2 is 2.17 bits per heavy atom. The summed E-state index contributed by atoms with van der Waals surface area (Å²) >= 11 is 0. The van der Waals surface area contributed by atoms with Gasteiger partial charge in [0.2, 0.25) is 0 Å². The average Bonchev–Trinajstić information content (AvgIpc) is 2.75. The quantitative estimate of drug-likeness (QED) is 0.883. The van der Waals surface area contributed by atoms with Gasteiger partial charge in [0.05, 0.1) is 0 Å². The first kappa shape index (κ1) is 13.2. The standard InChI is InChI=1S/C15H25N3/c1-5-12-8-7-11-18(12)14-10-6-9-13(16-14)17-15(2,3)4/h6,9-10,12H,5,7-8,11H2,1-4H3,(H,16,17). The zero-order valence-electron chi connectivity index (χ0n) is 12.0. The third-order valence-corrected chi connectivity index (χ3v) is 3.38. The van der Waals surface area contributed by atoms with Crippen molar-refractivity contribution in [3.63, 3.8) is 0 Å². The van der Waals surface area contributed by atoms with Crippen molar-refractivity contribution in [2.75, 3.05) is 16.8 Å². The SMILES string of the molecule is CCC1CCCN1c1cccc(NC(C)(C)C)n1. The van der Waals surface area contributed by atoms with E-state index < -0.39 is 0 Å². The lowest BCUT2D eigenvalue weighted by Gasteiger charge is -2.26. The molecule has 1 aromatic heterocycles. The molecule has 0 bridgehead atoms. The molecule has 18 heavy (non-hydrogen) atoms. The van der Waals surface area contributed by atoms with Crippen molar-refractivity contribution >= 4 is 11.6 Å². The summed E-state index contributed by atoms with van der Waals surface area (Å²) in [4.78, 5) is 7.21. The van der Waals surface area contributed by atoms with E-state index >= 15 is 0 Å². The average molecular weight is 247 g/mol. The van der Waals surface area contributed by atoms with Gasteiger partial charge in [0.1, 0.15) is 11.6 Å². The summed E-state index contributed by atoms with van der Waals surface area (Å²) < 4.78 is 0. The van der Waals surface area contributed by atoms with Crippen LogP contribution in [-0.2, 0) is 0 Å². The van der Waals surface area contributed by atoms with Crippen LogP contribution in [0.15, 0.2) is 18.2 Å². The summed E-state index contributed by atoms with van der Waals surface area (Å²) in [7, 11) is 0. The van der Waals surface area contributed by atoms with Gasteiger partial charge in [-0.15, -0.1) is 0 Å². The van der Waals surface area contributed by atoms with Gasteiger partial charge in [-0.05, 0) is 52.2 Å². The molecular weight excluding hydrogens is 222 g/mol. The molecular formula is C15H25N3. The van der Waals surface area contributed by atoms with Gasteiger partial charge >= 0.3 is 0 Å². The maximum absolute atomic E-state index is 4.75. The summed E-state index contributed by atoms with van der Waals surface area (Å²) in [6, 6.07) is 6.94. The van der Waals surface area contributed by atoms with Crippen LogP contribution < -0.4 is 10.2 Å².